The molecule has 132 valence electrons. The van der Waals surface area contributed by atoms with Crippen molar-refractivity contribution in [3.63, 3.8) is 0 Å². The van der Waals surface area contributed by atoms with Crippen molar-refractivity contribution in [2.75, 3.05) is 20.2 Å². The molecule has 1 amide bonds. The fourth-order valence-electron chi connectivity index (χ4n) is 3.67. The smallest absolute Gasteiger partial charge is 0.225 e. The van der Waals surface area contributed by atoms with Crippen LogP contribution < -0.4 is 5.32 Å². The third-order valence-electron chi connectivity index (χ3n) is 5.40. The fourth-order valence-corrected chi connectivity index (χ4v) is 3.67. The zero-order valence-corrected chi connectivity index (χ0v) is 15.0. The number of benzene rings is 1. The Morgan fingerprint density at radius 1 is 1.21 bits per heavy atom. The van der Waals surface area contributed by atoms with Crippen LogP contribution in [0.25, 0.3) is 0 Å². The highest BCUT2D eigenvalue weighted by Crippen LogP contribution is 2.33. The molecule has 2 fully saturated rings. The van der Waals surface area contributed by atoms with Gasteiger partial charge in [0.05, 0.1) is 6.61 Å². The van der Waals surface area contributed by atoms with Crippen molar-refractivity contribution in [3.05, 3.63) is 35.4 Å². The normalized spacial score (nSPS) is 24.2. The second kappa shape index (κ2) is 8.13. The monoisotopic (exact) mass is 330 g/mol. The van der Waals surface area contributed by atoms with E-state index >= 15 is 0 Å². The van der Waals surface area contributed by atoms with Crippen molar-refractivity contribution in [2.24, 2.45) is 11.8 Å². The minimum atomic E-state index is 0.345. The lowest BCUT2D eigenvalue weighted by Crippen LogP contribution is -2.51. The lowest BCUT2D eigenvalue weighted by molar-refractivity contribution is -0.134. The number of hydrogen-bond donors (Lipinski definition) is 1. The molecule has 0 aromatic heterocycles. The molecule has 4 heteroatoms. The first-order chi connectivity index (χ1) is 11.7. The summed E-state index contributed by atoms with van der Waals surface area (Å²) in [4.78, 5) is 14.4. The first-order valence-corrected chi connectivity index (χ1v) is 9.30. The maximum absolute atomic E-state index is 12.3. The van der Waals surface area contributed by atoms with E-state index in [0.717, 1.165) is 45.3 Å². The van der Waals surface area contributed by atoms with Crippen LogP contribution in [0.4, 0.5) is 0 Å². The highest BCUT2D eigenvalue weighted by molar-refractivity contribution is 5.81. The molecule has 2 aliphatic rings. The molecule has 1 N–H and O–H groups in total. The molecule has 24 heavy (non-hydrogen) atoms. The first-order valence-electron chi connectivity index (χ1n) is 9.30. The van der Waals surface area contributed by atoms with Gasteiger partial charge in [-0.1, -0.05) is 37.6 Å². The fraction of sp³-hybridized carbons (Fsp3) is 0.650. The highest BCUT2D eigenvalue weighted by Gasteiger charge is 2.37. The van der Waals surface area contributed by atoms with Gasteiger partial charge in [0, 0.05) is 38.7 Å². The lowest BCUT2D eigenvalue weighted by atomic mass is 9.89. The summed E-state index contributed by atoms with van der Waals surface area (Å²) in [6.45, 7) is 5.64. The molecular formula is C20H30N2O2. The van der Waals surface area contributed by atoms with Crippen LogP contribution >= 0.6 is 0 Å². The van der Waals surface area contributed by atoms with Crippen LogP contribution in [0, 0.1) is 11.8 Å². The maximum Gasteiger partial charge on any atom is 0.225 e. The SMILES string of the molecule is CC[C@H]1CN(C(=O)C2CC2)CC[C@H]1NCc1ccc(COC)cc1. The van der Waals surface area contributed by atoms with E-state index in [1.807, 2.05) is 0 Å². The Morgan fingerprint density at radius 3 is 2.54 bits per heavy atom. The standard InChI is InChI=1S/C20H30N2O2/c1-3-17-13-22(20(23)18-8-9-18)11-10-19(17)21-12-15-4-6-16(7-5-15)14-24-2/h4-7,17-19,21H,3,8-14H2,1-2H3/t17-,19+/m0/s1. The van der Waals surface area contributed by atoms with Gasteiger partial charge in [0.15, 0.2) is 0 Å². The van der Waals surface area contributed by atoms with Gasteiger partial charge >= 0.3 is 0 Å². The van der Waals surface area contributed by atoms with Crippen LogP contribution in [0.1, 0.15) is 43.7 Å². The number of rotatable bonds is 7. The van der Waals surface area contributed by atoms with Crippen LogP contribution in [0.3, 0.4) is 0 Å². The average molecular weight is 330 g/mol. The molecule has 4 nitrogen and oxygen atoms in total. The number of carbonyl (C=O) groups excluding carboxylic acids is 1. The van der Waals surface area contributed by atoms with Crippen molar-refractivity contribution in [1.29, 1.82) is 0 Å². The minimum Gasteiger partial charge on any atom is -0.380 e. The zero-order chi connectivity index (χ0) is 16.9. The van der Waals surface area contributed by atoms with Crippen LogP contribution in [0.15, 0.2) is 24.3 Å². The molecule has 0 bridgehead atoms. The number of hydrogen-bond acceptors (Lipinski definition) is 3. The molecule has 1 aliphatic heterocycles. The van der Waals surface area contributed by atoms with Gasteiger partial charge in [-0.15, -0.1) is 0 Å². The van der Waals surface area contributed by atoms with Gasteiger partial charge in [-0.25, -0.2) is 0 Å². The summed E-state index contributed by atoms with van der Waals surface area (Å²) in [6.07, 6.45) is 4.40. The quantitative estimate of drug-likeness (QED) is 0.836. The maximum atomic E-state index is 12.3. The summed E-state index contributed by atoms with van der Waals surface area (Å²) in [7, 11) is 1.72. The van der Waals surface area contributed by atoms with E-state index < -0.39 is 0 Å². The lowest BCUT2D eigenvalue weighted by Gasteiger charge is -2.39. The molecule has 1 aliphatic carbocycles. The second-order valence-electron chi connectivity index (χ2n) is 7.25. The molecule has 2 atom stereocenters. The number of likely N-dealkylation sites (tertiary alicyclic amines) is 1. The Hall–Kier alpha value is -1.39. The predicted molar refractivity (Wildman–Crippen MR) is 95.5 cm³/mol. The Labute approximate surface area is 145 Å². The third kappa shape index (κ3) is 4.37. The van der Waals surface area contributed by atoms with Crippen LogP contribution in [-0.2, 0) is 22.7 Å². The molecule has 0 radical (unpaired) electrons. The van der Waals surface area contributed by atoms with Crippen LogP contribution in [0.5, 0.6) is 0 Å². The van der Waals surface area contributed by atoms with Gasteiger partial charge in [-0.2, -0.15) is 0 Å². The third-order valence-corrected chi connectivity index (χ3v) is 5.40. The van der Waals surface area contributed by atoms with Gasteiger partial charge < -0.3 is 15.0 Å². The number of piperidine rings is 1. The van der Waals surface area contributed by atoms with Gasteiger partial charge in [0.25, 0.3) is 0 Å². The molecule has 1 aromatic rings. The van der Waals surface area contributed by atoms with Crippen molar-refractivity contribution in [2.45, 2.75) is 51.8 Å². The van der Waals surface area contributed by atoms with E-state index in [1.165, 1.54) is 11.1 Å². The Balaban J connectivity index is 1.50. The van der Waals surface area contributed by atoms with Gasteiger partial charge in [0.2, 0.25) is 5.91 Å². The molecule has 1 aromatic carbocycles. The molecule has 1 saturated carbocycles. The summed E-state index contributed by atoms with van der Waals surface area (Å²) in [5.41, 5.74) is 2.51. The predicted octanol–water partition coefficient (Wildman–Crippen LogP) is 2.96. The molecule has 3 rings (SSSR count). The van der Waals surface area contributed by atoms with Crippen molar-refractivity contribution < 1.29 is 9.53 Å². The van der Waals surface area contributed by atoms with E-state index in [0.29, 0.717) is 30.4 Å². The summed E-state index contributed by atoms with van der Waals surface area (Å²) in [6, 6.07) is 9.13. The Kier molecular flexibility index (Phi) is 5.90. The van der Waals surface area contributed by atoms with Gasteiger partial charge in [0.1, 0.15) is 0 Å². The van der Waals surface area contributed by atoms with E-state index in [2.05, 4.69) is 41.4 Å². The highest BCUT2D eigenvalue weighted by atomic mass is 16.5. The summed E-state index contributed by atoms with van der Waals surface area (Å²) >= 11 is 0. The molecular weight excluding hydrogens is 300 g/mol. The average Bonchev–Trinajstić information content (AvgIpc) is 3.46. The van der Waals surface area contributed by atoms with Crippen molar-refractivity contribution >= 4 is 5.91 Å². The number of nitrogens with one attached hydrogen (secondary N) is 1. The van der Waals surface area contributed by atoms with E-state index in [9.17, 15) is 4.79 Å². The molecule has 0 spiro atoms. The van der Waals surface area contributed by atoms with E-state index in [1.54, 1.807) is 7.11 Å². The van der Waals surface area contributed by atoms with Gasteiger partial charge in [-0.3, -0.25) is 4.79 Å². The number of carbonyl (C=O) groups is 1. The summed E-state index contributed by atoms with van der Waals surface area (Å²) < 4.78 is 5.15. The number of nitrogens with zero attached hydrogens (tertiary/aromatic N) is 1. The summed E-state index contributed by atoms with van der Waals surface area (Å²) in [5.74, 6) is 1.31. The minimum absolute atomic E-state index is 0.345. The van der Waals surface area contributed by atoms with E-state index in [4.69, 9.17) is 4.74 Å². The molecule has 1 heterocycles. The zero-order valence-electron chi connectivity index (χ0n) is 15.0. The molecule has 1 saturated heterocycles. The Bertz CT molecular complexity index is 539. The van der Waals surface area contributed by atoms with Crippen LogP contribution in [-0.4, -0.2) is 37.0 Å². The second-order valence-corrected chi connectivity index (χ2v) is 7.25. The number of methoxy groups -OCH3 is 1. The largest absolute Gasteiger partial charge is 0.380 e. The number of amides is 1. The Morgan fingerprint density at radius 2 is 1.92 bits per heavy atom. The van der Waals surface area contributed by atoms with Crippen molar-refractivity contribution in [1.82, 2.24) is 10.2 Å². The van der Waals surface area contributed by atoms with Crippen molar-refractivity contribution in [3.8, 4) is 0 Å². The topological polar surface area (TPSA) is 41.6 Å². The summed E-state index contributed by atoms with van der Waals surface area (Å²) in [5, 5.41) is 3.73. The van der Waals surface area contributed by atoms with Gasteiger partial charge in [-0.05, 0) is 36.3 Å². The molecule has 0 unspecified atom stereocenters. The van der Waals surface area contributed by atoms with Crippen LogP contribution in [0.2, 0.25) is 0 Å². The number of ether oxygens (including phenoxy) is 1. The van der Waals surface area contributed by atoms with E-state index in [-0.39, 0.29) is 0 Å². The first kappa shape index (κ1) is 17.4.